The van der Waals surface area contributed by atoms with Crippen molar-refractivity contribution in [2.45, 2.75) is 41.5 Å². The minimum atomic E-state index is 0.537. The third kappa shape index (κ3) is 6.97. The number of benzene rings is 10. The minimum absolute atomic E-state index is 0.537. The van der Waals surface area contributed by atoms with Gasteiger partial charge in [0, 0.05) is 43.4 Å². The van der Waals surface area contributed by atoms with Gasteiger partial charge in [0.25, 0.3) is 0 Å². The molecule has 75 heavy (non-hydrogen) atoms. The number of fused-ring (bicyclic) bond motifs is 9. The van der Waals surface area contributed by atoms with Gasteiger partial charge in [-0.15, -0.1) is 0 Å². The molecule has 14 rings (SSSR count). The third-order valence-corrected chi connectivity index (χ3v) is 15.5. The Morgan fingerprint density at radius 1 is 0.280 bits per heavy atom. The van der Waals surface area contributed by atoms with E-state index >= 15 is 0 Å². The number of hydrogen-bond acceptors (Lipinski definition) is 3. The van der Waals surface area contributed by atoms with Gasteiger partial charge in [0.1, 0.15) is 0 Å². The molecule has 0 fully saturated rings. The van der Waals surface area contributed by atoms with Crippen LogP contribution in [0.15, 0.2) is 206 Å². The molecule has 0 spiro atoms. The lowest BCUT2D eigenvalue weighted by atomic mass is 9.91. The first kappa shape index (κ1) is 44.3. The Hall–Kier alpha value is -9.39. The molecule has 0 bridgehead atoms. The van der Waals surface area contributed by atoms with Gasteiger partial charge >= 0.3 is 0 Å². The molecule has 0 aliphatic carbocycles. The number of hydrogen-bond donors (Lipinski definition) is 0. The molecule has 0 saturated carbocycles. The van der Waals surface area contributed by atoms with Crippen LogP contribution in [0, 0.1) is 41.5 Å². The van der Waals surface area contributed by atoms with E-state index in [0.29, 0.717) is 17.6 Å². The molecule has 0 aliphatic rings. The van der Waals surface area contributed by atoms with E-state index in [-0.39, 0.29) is 0 Å². The molecule has 10 aromatic carbocycles. The monoisotopic (exact) mass is 964 g/mol. The lowest BCUT2D eigenvalue weighted by Gasteiger charge is -2.17. The molecule has 0 amide bonds. The lowest BCUT2D eigenvalue weighted by Crippen LogP contribution is -2.09. The van der Waals surface area contributed by atoms with Crippen molar-refractivity contribution in [3.05, 3.63) is 240 Å². The van der Waals surface area contributed by atoms with Crippen LogP contribution in [0.1, 0.15) is 33.4 Å². The zero-order valence-electron chi connectivity index (χ0n) is 42.8. The molecule has 0 atom stereocenters. The van der Waals surface area contributed by atoms with Crippen LogP contribution in [-0.2, 0) is 0 Å². The molecule has 0 unspecified atom stereocenters. The number of aromatic nitrogens is 6. The summed E-state index contributed by atoms with van der Waals surface area (Å²) in [5.41, 5.74) is 22.7. The van der Waals surface area contributed by atoms with E-state index in [9.17, 15) is 0 Å². The second kappa shape index (κ2) is 17.1. The topological polar surface area (TPSA) is 53.5 Å². The Bertz CT molecular complexity index is 4230. The van der Waals surface area contributed by atoms with Crippen LogP contribution in [-0.4, -0.2) is 28.7 Å². The lowest BCUT2D eigenvalue weighted by molar-refractivity contribution is 0.950. The highest BCUT2D eigenvalue weighted by Crippen LogP contribution is 2.42. The third-order valence-electron chi connectivity index (χ3n) is 15.5. The van der Waals surface area contributed by atoms with E-state index in [4.69, 9.17) is 15.0 Å². The van der Waals surface area contributed by atoms with Crippen LogP contribution in [0.5, 0.6) is 0 Å². The van der Waals surface area contributed by atoms with Crippen LogP contribution in [0.3, 0.4) is 0 Å². The van der Waals surface area contributed by atoms with Gasteiger partial charge in [0.2, 0.25) is 5.95 Å². The fourth-order valence-electron chi connectivity index (χ4n) is 12.6. The second-order valence-electron chi connectivity index (χ2n) is 20.4. The summed E-state index contributed by atoms with van der Waals surface area (Å²) in [6, 6.07) is 74.7. The average Bonchev–Trinajstić information content (AvgIpc) is 4.07. The summed E-state index contributed by atoms with van der Waals surface area (Å²) in [4.78, 5) is 16.9. The van der Waals surface area contributed by atoms with Crippen LogP contribution < -0.4 is 0 Å². The number of nitrogens with zero attached hydrogens (tertiary/aromatic N) is 6. The van der Waals surface area contributed by atoms with Gasteiger partial charge in [-0.25, -0.2) is 4.98 Å². The van der Waals surface area contributed by atoms with Crippen molar-refractivity contribution in [2.75, 3.05) is 0 Å². The molecule has 6 heteroatoms. The summed E-state index contributed by atoms with van der Waals surface area (Å²) in [5, 5.41) is 7.02. The predicted molar refractivity (Wildman–Crippen MR) is 313 cm³/mol. The molecule has 0 N–H and O–H groups in total. The Morgan fingerprint density at radius 3 is 0.973 bits per heavy atom. The summed E-state index contributed by atoms with van der Waals surface area (Å²) in [6.45, 7) is 13.3. The van der Waals surface area contributed by atoms with Crippen LogP contribution in [0.2, 0.25) is 0 Å². The molecule has 4 heterocycles. The normalized spacial score (nSPS) is 11.9. The van der Waals surface area contributed by atoms with Gasteiger partial charge in [-0.1, -0.05) is 145 Å². The summed E-state index contributed by atoms with van der Waals surface area (Å²) in [5.74, 6) is 1.68. The van der Waals surface area contributed by atoms with Crippen LogP contribution in [0.4, 0.5) is 0 Å². The van der Waals surface area contributed by atoms with E-state index in [2.05, 4.69) is 262 Å². The highest BCUT2D eigenvalue weighted by Gasteiger charge is 2.25. The van der Waals surface area contributed by atoms with Crippen molar-refractivity contribution in [1.82, 2.24) is 28.7 Å². The second-order valence-corrected chi connectivity index (χ2v) is 20.4. The Labute approximate surface area is 435 Å². The first-order chi connectivity index (χ1) is 36.7. The molecule has 358 valence electrons. The van der Waals surface area contributed by atoms with Crippen LogP contribution in [0.25, 0.3) is 128 Å². The van der Waals surface area contributed by atoms with E-state index in [0.717, 1.165) is 66.4 Å². The van der Waals surface area contributed by atoms with Crippen molar-refractivity contribution in [1.29, 1.82) is 0 Å². The summed E-state index contributed by atoms with van der Waals surface area (Å²) < 4.78 is 6.99. The summed E-state index contributed by atoms with van der Waals surface area (Å²) >= 11 is 0. The zero-order valence-corrected chi connectivity index (χ0v) is 42.8. The average molecular weight is 965 g/mol. The van der Waals surface area contributed by atoms with E-state index in [1.807, 2.05) is 0 Å². The van der Waals surface area contributed by atoms with Crippen molar-refractivity contribution < 1.29 is 0 Å². The van der Waals surface area contributed by atoms with E-state index < -0.39 is 0 Å². The maximum Gasteiger partial charge on any atom is 0.238 e. The molecular formula is C69H52N6. The smallest absolute Gasteiger partial charge is 0.238 e. The van der Waals surface area contributed by atoms with Gasteiger partial charge in [0.15, 0.2) is 11.6 Å². The highest BCUT2D eigenvalue weighted by atomic mass is 15.2. The van der Waals surface area contributed by atoms with E-state index in [1.165, 1.54) is 77.2 Å². The largest absolute Gasteiger partial charge is 0.309 e. The van der Waals surface area contributed by atoms with Gasteiger partial charge in [0.05, 0.1) is 44.5 Å². The van der Waals surface area contributed by atoms with Gasteiger partial charge in [-0.3, -0.25) is 4.57 Å². The van der Waals surface area contributed by atoms with Crippen molar-refractivity contribution in [3.8, 4) is 62.4 Å². The molecule has 14 aromatic rings. The maximum atomic E-state index is 5.65. The number of para-hydroxylation sites is 6. The molecule has 6 nitrogen and oxygen atoms in total. The first-order valence-electron chi connectivity index (χ1n) is 25.9. The quantitative estimate of drug-likeness (QED) is 0.160. The standard InChI is InChI=1S/C69H52N6/c1-41-35-43(3)65(44(4)36-41)47-31-33-63-55(39-47)56-40-48(66-45(5)37-42(2)38-46(66)6)32-34-64(56)75(63)69-71-67(53-23-11-17-29-61(53)73-57-25-13-7-19-49(57)50-20-8-14-26-58(50)73)70-68(72-69)54-24-12-18-30-62(54)74-59-27-15-9-21-51(59)52-22-10-16-28-60(52)74/h7-40H,1-6H3. The Morgan fingerprint density at radius 2 is 0.600 bits per heavy atom. The fourth-order valence-corrected chi connectivity index (χ4v) is 12.6. The Balaban J connectivity index is 1.08. The van der Waals surface area contributed by atoms with Gasteiger partial charge < -0.3 is 9.13 Å². The Kier molecular flexibility index (Phi) is 10.1. The van der Waals surface area contributed by atoms with Crippen molar-refractivity contribution in [3.63, 3.8) is 0 Å². The maximum absolute atomic E-state index is 5.65. The summed E-state index contributed by atoms with van der Waals surface area (Å²) in [6.07, 6.45) is 0. The fraction of sp³-hybridized carbons (Fsp3) is 0.0870. The first-order valence-corrected chi connectivity index (χ1v) is 25.9. The molecule has 4 aromatic heterocycles. The van der Waals surface area contributed by atoms with E-state index in [1.54, 1.807) is 0 Å². The highest BCUT2D eigenvalue weighted by molar-refractivity contribution is 6.13. The van der Waals surface area contributed by atoms with Crippen molar-refractivity contribution in [2.24, 2.45) is 0 Å². The van der Waals surface area contributed by atoms with Crippen molar-refractivity contribution >= 4 is 65.4 Å². The predicted octanol–water partition coefficient (Wildman–Crippen LogP) is 17.7. The zero-order chi connectivity index (χ0) is 50.6. The van der Waals surface area contributed by atoms with Gasteiger partial charge in [-0.05, 0) is 159 Å². The van der Waals surface area contributed by atoms with Crippen LogP contribution >= 0.6 is 0 Å². The molecule has 0 radical (unpaired) electrons. The molecule has 0 aliphatic heterocycles. The minimum Gasteiger partial charge on any atom is -0.309 e. The molecule has 0 saturated heterocycles. The molecular weight excluding hydrogens is 913 g/mol. The summed E-state index contributed by atoms with van der Waals surface area (Å²) in [7, 11) is 0. The SMILES string of the molecule is Cc1cc(C)c(-c2ccc3c(c2)c2cc(-c4c(C)cc(C)cc4C)ccc2n3-c2nc(-c3ccccc3-n3c4ccccc4c4ccccc43)nc(-c3ccccc3-n3c4ccccc4c4ccccc43)n2)c(C)c1. The number of rotatable bonds is 7. The number of aryl methyl sites for hydroxylation is 6. The van der Waals surface area contributed by atoms with Gasteiger partial charge in [-0.2, -0.15) is 9.97 Å².